The number of nitrogens with zero attached hydrogens (tertiary/aromatic N) is 1. The molecule has 1 aliphatic rings. The third-order valence-electron chi connectivity index (χ3n) is 3.46. The van der Waals surface area contributed by atoms with Gasteiger partial charge in [-0.15, -0.1) is 0 Å². The van der Waals surface area contributed by atoms with Crippen LogP contribution in [0, 0.1) is 12.8 Å². The zero-order chi connectivity index (χ0) is 14.0. The third-order valence-corrected chi connectivity index (χ3v) is 3.46. The van der Waals surface area contributed by atoms with Crippen LogP contribution >= 0.6 is 0 Å². The Morgan fingerprint density at radius 1 is 1.53 bits per heavy atom. The van der Waals surface area contributed by atoms with E-state index in [0.717, 1.165) is 11.3 Å². The standard InChI is InChI=1S/C14H18N2O3/c1-9-3-4-11(14(18)19-2)6-12(9)16-8-10(7-15)5-13(16)17/h3-4,6,10H,5,7-8,15H2,1-2H3. The molecule has 2 N–H and O–H groups in total. The Balaban J connectivity index is 2.34. The zero-order valence-electron chi connectivity index (χ0n) is 11.2. The lowest BCUT2D eigenvalue weighted by Crippen LogP contribution is -2.26. The molecule has 0 aromatic heterocycles. The molecule has 1 saturated heterocycles. The fourth-order valence-corrected chi connectivity index (χ4v) is 2.32. The number of methoxy groups -OCH3 is 1. The molecule has 102 valence electrons. The monoisotopic (exact) mass is 262 g/mol. The van der Waals surface area contributed by atoms with E-state index in [1.54, 1.807) is 17.0 Å². The number of esters is 1. The highest BCUT2D eigenvalue weighted by Gasteiger charge is 2.30. The van der Waals surface area contributed by atoms with Crippen LogP contribution in [0.3, 0.4) is 0 Å². The van der Waals surface area contributed by atoms with Crippen LogP contribution in [0.4, 0.5) is 5.69 Å². The van der Waals surface area contributed by atoms with E-state index in [-0.39, 0.29) is 11.8 Å². The van der Waals surface area contributed by atoms with Gasteiger partial charge in [-0.3, -0.25) is 4.79 Å². The number of nitrogens with two attached hydrogens (primary N) is 1. The summed E-state index contributed by atoms with van der Waals surface area (Å²) in [6, 6.07) is 5.23. The van der Waals surface area contributed by atoms with Crippen molar-refractivity contribution in [2.24, 2.45) is 11.7 Å². The van der Waals surface area contributed by atoms with Crippen LogP contribution in [-0.2, 0) is 9.53 Å². The molecule has 19 heavy (non-hydrogen) atoms. The number of carbonyl (C=O) groups excluding carboxylic acids is 2. The molecule has 1 heterocycles. The predicted octanol–water partition coefficient (Wildman–Crippen LogP) is 1.09. The largest absolute Gasteiger partial charge is 0.465 e. The quantitative estimate of drug-likeness (QED) is 0.828. The molecule has 0 aliphatic carbocycles. The summed E-state index contributed by atoms with van der Waals surface area (Å²) in [6.45, 7) is 3.03. The number of carbonyl (C=O) groups is 2. The minimum absolute atomic E-state index is 0.0561. The first kappa shape index (κ1) is 13.5. The topological polar surface area (TPSA) is 72.6 Å². The normalized spacial score (nSPS) is 18.8. The van der Waals surface area contributed by atoms with E-state index in [9.17, 15) is 9.59 Å². The number of aryl methyl sites for hydroxylation is 1. The Hall–Kier alpha value is -1.88. The van der Waals surface area contributed by atoms with E-state index in [1.807, 2.05) is 13.0 Å². The van der Waals surface area contributed by atoms with Crippen LogP contribution in [0.1, 0.15) is 22.3 Å². The van der Waals surface area contributed by atoms with Gasteiger partial charge in [0, 0.05) is 18.7 Å². The fraction of sp³-hybridized carbons (Fsp3) is 0.429. The molecule has 0 spiro atoms. The summed E-state index contributed by atoms with van der Waals surface area (Å²) in [5.41, 5.74) is 7.80. The minimum atomic E-state index is -0.400. The summed E-state index contributed by atoms with van der Waals surface area (Å²) in [7, 11) is 1.34. The van der Waals surface area contributed by atoms with Crippen LogP contribution in [0.15, 0.2) is 18.2 Å². The number of benzene rings is 1. The van der Waals surface area contributed by atoms with Gasteiger partial charge >= 0.3 is 5.97 Å². The first-order chi connectivity index (χ1) is 9.06. The predicted molar refractivity (Wildman–Crippen MR) is 72.0 cm³/mol. The third kappa shape index (κ3) is 2.61. The van der Waals surface area contributed by atoms with Gasteiger partial charge in [-0.05, 0) is 37.1 Å². The summed E-state index contributed by atoms with van der Waals surface area (Å²) >= 11 is 0. The van der Waals surface area contributed by atoms with Crippen molar-refractivity contribution in [2.75, 3.05) is 25.1 Å². The van der Waals surface area contributed by atoms with E-state index >= 15 is 0 Å². The summed E-state index contributed by atoms with van der Waals surface area (Å²) in [4.78, 5) is 25.3. The van der Waals surface area contributed by atoms with Crippen molar-refractivity contribution in [1.29, 1.82) is 0 Å². The van der Waals surface area contributed by atoms with Crippen molar-refractivity contribution in [1.82, 2.24) is 0 Å². The molecule has 1 fully saturated rings. The Labute approximate surface area is 112 Å². The van der Waals surface area contributed by atoms with Crippen molar-refractivity contribution in [3.8, 4) is 0 Å². The van der Waals surface area contributed by atoms with E-state index in [0.29, 0.717) is 25.1 Å². The average Bonchev–Trinajstić information content (AvgIpc) is 2.79. The van der Waals surface area contributed by atoms with Crippen molar-refractivity contribution in [3.05, 3.63) is 29.3 Å². The van der Waals surface area contributed by atoms with Gasteiger partial charge in [-0.25, -0.2) is 4.79 Å². The molecular weight excluding hydrogens is 244 g/mol. The highest BCUT2D eigenvalue weighted by atomic mass is 16.5. The van der Waals surface area contributed by atoms with E-state index in [2.05, 4.69) is 0 Å². The molecular formula is C14H18N2O3. The Bertz CT molecular complexity index is 513. The van der Waals surface area contributed by atoms with Gasteiger partial charge in [0.2, 0.25) is 5.91 Å². The SMILES string of the molecule is COC(=O)c1ccc(C)c(N2CC(CN)CC2=O)c1. The lowest BCUT2D eigenvalue weighted by Gasteiger charge is -2.19. The second-order valence-electron chi connectivity index (χ2n) is 4.80. The summed E-state index contributed by atoms with van der Waals surface area (Å²) in [5.74, 6) is -0.155. The lowest BCUT2D eigenvalue weighted by atomic mass is 10.1. The average molecular weight is 262 g/mol. The molecule has 1 aliphatic heterocycles. The van der Waals surface area contributed by atoms with E-state index in [1.165, 1.54) is 7.11 Å². The molecule has 0 bridgehead atoms. The maximum Gasteiger partial charge on any atom is 0.337 e. The van der Waals surface area contributed by atoms with Gasteiger partial charge < -0.3 is 15.4 Å². The minimum Gasteiger partial charge on any atom is -0.465 e. The van der Waals surface area contributed by atoms with Crippen LogP contribution in [0.25, 0.3) is 0 Å². The molecule has 5 heteroatoms. The first-order valence-corrected chi connectivity index (χ1v) is 6.26. The summed E-state index contributed by atoms with van der Waals surface area (Å²) in [5, 5.41) is 0. The molecule has 1 atom stereocenters. The van der Waals surface area contributed by atoms with Crippen LogP contribution < -0.4 is 10.6 Å². The lowest BCUT2D eigenvalue weighted by molar-refractivity contribution is -0.117. The number of ether oxygens (including phenoxy) is 1. The smallest absolute Gasteiger partial charge is 0.337 e. The second kappa shape index (κ2) is 5.40. The molecule has 0 saturated carbocycles. The summed E-state index contributed by atoms with van der Waals surface area (Å²) in [6.07, 6.45) is 0.471. The van der Waals surface area contributed by atoms with Crippen molar-refractivity contribution in [2.45, 2.75) is 13.3 Å². The highest BCUT2D eigenvalue weighted by molar-refractivity contribution is 5.98. The van der Waals surface area contributed by atoms with Gasteiger partial charge in [-0.2, -0.15) is 0 Å². The van der Waals surface area contributed by atoms with Gasteiger partial charge in [-0.1, -0.05) is 6.07 Å². The van der Waals surface area contributed by atoms with Crippen molar-refractivity contribution in [3.63, 3.8) is 0 Å². The number of anilines is 1. The Morgan fingerprint density at radius 2 is 2.26 bits per heavy atom. The molecule has 2 rings (SSSR count). The first-order valence-electron chi connectivity index (χ1n) is 6.26. The summed E-state index contributed by atoms with van der Waals surface area (Å²) < 4.78 is 4.70. The maximum absolute atomic E-state index is 12.0. The van der Waals surface area contributed by atoms with Gasteiger partial charge in [0.25, 0.3) is 0 Å². The molecule has 1 amide bonds. The van der Waals surface area contributed by atoms with Crippen molar-refractivity contribution < 1.29 is 14.3 Å². The Kier molecular flexibility index (Phi) is 3.85. The van der Waals surface area contributed by atoms with Gasteiger partial charge in [0.1, 0.15) is 0 Å². The number of rotatable bonds is 3. The van der Waals surface area contributed by atoms with E-state index in [4.69, 9.17) is 10.5 Å². The number of hydrogen-bond acceptors (Lipinski definition) is 4. The van der Waals surface area contributed by atoms with Crippen molar-refractivity contribution >= 4 is 17.6 Å². The zero-order valence-corrected chi connectivity index (χ0v) is 11.2. The van der Waals surface area contributed by atoms with Gasteiger partial charge in [0.05, 0.1) is 12.7 Å². The second-order valence-corrected chi connectivity index (χ2v) is 4.80. The number of hydrogen-bond donors (Lipinski definition) is 1. The Morgan fingerprint density at radius 3 is 2.84 bits per heavy atom. The fourth-order valence-electron chi connectivity index (χ4n) is 2.32. The highest BCUT2D eigenvalue weighted by Crippen LogP contribution is 2.28. The van der Waals surface area contributed by atoms with Crippen LogP contribution in [0.2, 0.25) is 0 Å². The van der Waals surface area contributed by atoms with Crippen LogP contribution in [-0.4, -0.2) is 32.1 Å². The van der Waals surface area contributed by atoms with Gasteiger partial charge in [0.15, 0.2) is 0 Å². The molecule has 0 radical (unpaired) electrons. The molecule has 1 aromatic carbocycles. The molecule has 1 unspecified atom stereocenters. The molecule has 1 aromatic rings. The maximum atomic E-state index is 12.0. The van der Waals surface area contributed by atoms with E-state index < -0.39 is 5.97 Å². The van der Waals surface area contributed by atoms with Crippen LogP contribution in [0.5, 0.6) is 0 Å². The number of amides is 1. The molecule has 5 nitrogen and oxygen atoms in total.